The van der Waals surface area contributed by atoms with Crippen molar-refractivity contribution in [3.63, 3.8) is 0 Å². The minimum absolute atomic E-state index is 0.0572. The first-order chi connectivity index (χ1) is 13.7. The molecule has 6 heteroatoms. The molecule has 1 aromatic carbocycles. The SMILES string of the molecule is CCc1ccc(CN2CCc3nc(NC)nc(C(=O)N4CCCC4)c3C2)cc1. The Hall–Kier alpha value is -2.47. The second kappa shape index (κ2) is 8.27. The molecule has 6 nitrogen and oxygen atoms in total. The van der Waals surface area contributed by atoms with Gasteiger partial charge in [0.2, 0.25) is 5.95 Å². The van der Waals surface area contributed by atoms with E-state index in [1.807, 2.05) is 4.90 Å². The first kappa shape index (κ1) is 18.9. The molecule has 148 valence electrons. The Morgan fingerprint density at radius 1 is 1.07 bits per heavy atom. The number of amides is 1. The van der Waals surface area contributed by atoms with Crippen LogP contribution in [0, 0.1) is 0 Å². The molecular formula is C22H29N5O. The number of nitrogens with zero attached hydrogens (tertiary/aromatic N) is 4. The van der Waals surface area contributed by atoms with Crippen molar-refractivity contribution in [2.45, 2.75) is 45.7 Å². The van der Waals surface area contributed by atoms with E-state index in [0.717, 1.165) is 69.7 Å². The molecule has 1 saturated heterocycles. The van der Waals surface area contributed by atoms with Gasteiger partial charge in [-0.1, -0.05) is 31.2 Å². The van der Waals surface area contributed by atoms with Crippen LogP contribution in [0.5, 0.6) is 0 Å². The van der Waals surface area contributed by atoms with Crippen molar-refractivity contribution >= 4 is 11.9 Å². The Morgan fingerprint density at radius 2 is 1.79 bits per heavy atom. The minimum Gasteiger partial charge on any atom is -0.357 e. The maximum Gasteiger partial charge on any atom is 0.273 e. The summed E-state index contributed by atoms with van der Waals surface area (Å²) in [5.41, 5.74) is 5.27. The molecule has 0 radical (unpaired) electrons. The average molecular weight is 380 g/mol. The van der Waals surface area contributed by atoms with E-state index in [1.165, 1.54) is 11.1 Å². The zero-order valence-electron chi connectivity index (χ0n) is 16.9. The molecule has 2 aromatic rings. The molecular weight excluding hydrogens is 350 g/mol. The maximum atomic E-state index is 13.1. The van der Waals surface area contributed by atoms with Crippen LogP contribution in [0.4, 0.5) is 5.95 Å². The van der Waals surface area contributed by atoms with Crippen LogP contribution in [0.1, 0.15) is 52.6 Å². The molecule has 1 amide bonds. The van der Waals surface area contributed by atoms with Crippen LogP contribution in [0.25, 0.3) is 0 Å². The summed E-state index contributed by atoms with van der Waals surface area (Å²) in [6.07, 6.45) is 4.07. The summed E-state index contributed by atoms with van der Waals surface area (Å²) in [5.74, 6) is 0.603. The number of benzene rings is 1. The van der Waals surface area contributed by atoms with E-state index in [0.29, 0.717) is 11.6 Å². The number of likely N-dealkylation sites (tertiary alicyclic amines) is 1. The van der Waals surface area contributed by atoms with E-state index in [9.17, 15) is 4.79 Å². The number of hydrogen-bond acceptors (Lipinski definition) is 5. The molecule has 1 fully saturated rings. The molecule has 4 rings (SSSR count). The van der Waals surface area contributed by atoms with Gasteiger partial charge in [-0.05, 0) is 30.4 Å². The van der Waals surface area contributed by atoms with Crippen molar-refractivity contribution < 1.29 is 4.79 Å². The Balaban J connectivity index is 1.58. The van der Waals surface area contributed by atoms with Crippen molar-refractivity contribution in [1.82, 2.24) is 19.8 Å². The van der Waals surface area contributed by atoms with Crippen LogP contribution in [0.3, 0.4) is 0 Å². The molecule has 1 N–H and O–H groups in total. The fourth-order valence-corrected chi connectivity index (χ4v) is 4.10. The van der Waals surface area contributed by atoms with Crippen molar-refractivity contribution in [1.29, 1.82) is 0 Å². The van der Waals surface area contributed by atoms with Crippen LogP contribution >= 0.6 is 0 Å². The van der Waals surface area contributed by atoms with Crippen molar-refractivity contribution in [3.8, 4) is 0 Å². The van der Waals surface area contributed by atoms with Crippen molar-refractivity contribution in [2.24, 2.45) is 0 Å². The van der Waals surface area contributed by atoms with Crippen LogP contribution < -0.4 is 5.32 Å². The van der Waals surface area contributed by atoms with Gasteiger partial charge in [-0.2, -0.15) is 0 Å². The Bertz CT molecular complexity index is 843. The summed E-state index contributed by atoms with van der Waals surface area (Å²) in [7, 11) is 1.81. The molecule has 0 aliphatic carbocycles. The van der Waals surface area contributed by atoms with E-state index >= 15 is 0 Å². The predicted octanol–water partition coefficient (Wildman–Crippen LogP) is 2.88. The van der Waals surface area contributed by atoms with Gasteiger partial charge < -0.3 is 10.2 Å². The lowest BCUT2D eigenvalue weighted by Gasteiger charge is -2.30. The fraction of sp³-hybridized carbons (Fsp3) is 0.500. The highest BCUT2D eigenvalue weighted by molar-refractivity contribution is 5.94. The van der Waals surface area contributed by atoms with Gasteiger partial charge in [0.05, 0.1) is 5.69 Å². The summed E-state index contributed by atoms with van der Waals surface area (Å²) in [6.45, 7) is 6.40. The monoisotopic (exact) mass is 379 g/mol. The zero-order valence-corrected chi connectivity index (χ0v) is 16.9. The van der Waals surface area contributed by atoms with Crippen LogP contribution in [-0.4, -0.2) is 52.4 Å². The number of aryl methyl sites for hydroxylation is 1. The second-order valence-corrected chi connectivity index (χ2v) is 7.70. The number of rotatable bonds is 5. The van der Waals surface area contributed by atoms with E-state index in [1.54, 1.807) is 7.05 Å². The second-order valence-electron chi connectivity index (χ2n) is 7.70. The summed E-state index contributed by atoms with van der Waals surface area (Å²) >= 11 is 0. The van der Waals surface area contributed by atoms with Crippen LogP contribution in [-0.2, 0) is 25.9 Å². The largest absolute Gasteiger partial charge is 0.357 e. The van der Waals surface area contributed by atoms with E-state index in [-0.39, 0.29) is 5.91 Å². The van der Waals surface area contributed by atoms with Gasteiger partial charge in [-0.25, -0.2) is 9.97 Å². The number of aromatic nitrogens is 2. The lowest BCUT2D eigenvalue weighted by molar-refractivity contribution is 0.0783. The summed E-state index contributed by atoms with van der Waals surface area (Å²) in [5, 5.41) is 3.02. The molecule has 2 aliphatic rings. The zero-order chi connectivity index (χ0) is 19.5. The molecule has 2 aliphatic heterocycles. The lowest BCUT2D eigenvalue weighted by Crippen LogP contribution is -2.35. The number of fused-ring (bicyclic) bond motifs is 1. The lowest BCUT2D eigenvalue weighted by atomic mass is 10.0. The number of hydrogen-bond donors (Lipinski definition) is 1. The molecule has 0 unspecified atom stereocenters. The first-order valence-electron chi connectivity index (χ1n) is 10.3. The predicted molar refractivity (Wildman–Crippen MR) is 110 cm³/mol. The standard InChI is InChI=1S/C22H29N5O/c1-3-16-6-8-17(9-7-16)14-26-13-10-19-18(15-26)20(25-22(23-2)24-19)21(28)27-11-4-5-12-27/h6-9H,3-5,10-15H2,1-2H3,(H,23,24,25). The quantitative estimate of drug-likeness (QED) is 0.866. The Labute approximate surface area is 167 Å². The topological polar surface area (TPSA) is 61.4 Å². The first-order valence-corrected chi connectivity index (χ1v) is 10.3. The highest BCUT2D eigenvalue weighted by Crippen LogP contribution is 2.25. The molecule has 1 aromatic heterocycles. The average Bonchev–Trinajstić information content (AvgIpc) is 3.28. The number of carbonyl (C=O) groups is 1. The summed E-state index contributed by atoms with van der Waals surface area (Å²) in [4.78, 5) is 26.7. The van der Waals surface area contributed by atoms with Crippen LogP contribution in [0.15, 0.2) is 24.3 Å². The summed E-state index contributed by atoms with van der Waals surface area (Å²) < 4.78 is 0. The Morgan fingerprint density at radius 3 is 2.46 bits per heavy atom. The van der Waals surface area contributed by atoms with Crippen molar-refractivity contribution in [3.05, 3.63) is 52.3 Å². The van der Waals surface area contributed by atoms with Gasteiger partial charge >= 0.3 is 0 Å². The summed E-state index contributed by atoms with van der Waals surface area (Å²) in [6, 6.07) is 8.84. The highest BCUT2D eigenvalue weighted by Gasteiger charge is 2.29. The number of nitrogens with one attached hydrogen (secondary N) is 1. The smallest absolute Gasteiger partial charge is 0.273 e. The van der Waals surface area contributed by atoms with Gasteiger partial charge in [0.1, 0.15) is 5.69 Å². The van der Waals surface area contributed by atoms with Crippen LogP contribution in [0.2, 0.25) is 0 Å². The van der Waals surface area contributed by atoms with E-state index < -0.39 is 0 Å². The van der Waals surface area contributed by atoms with E-state index in [4.69, 9.17) is 0 Å². The van der Waals surface area contributed by atoms with Crippen molar-refractivity contribution in [2.75, 3.05) is 32.0 Å². The number of carbonyl (C=O) groups excluding carboxylic acids is 1. The van der Waals surface area contributed by atoms with Gasteiger partial charge in [-0.3, -0.25) is 9.69 Å². The molecule has 0 atom stereocenters. The molecule has 28 heavy (non-hydrogen) atoms. The van der Waals surface area contributed by atoms with Gasteiger partial charge in [0.25, 0.3) is 5.91 Å². The molecule has 0 spiro atoms. The minimum atomic E-state index is 0.0572. The van der Waals surface area contributed by atoms with E-state index in [2.05, 4.69) is 51.4 Å². The third-order valence-electron chi connectivity index (χ3n) is 5.80. The van der Waals surface area contributed by atoms with Gasteiger partial charge in [0, 0.05) is 51.8 Å². The molecule has 0 bridgehead atoms. The third-order valence-corrected chi connectivity index (χ3v) is 5.80. The normalized spacial score (nSPS) is 16.9. The maximum absolute atomic E-state index is 13.1. The fourth-order valence-electron chi connectivity index (χ4n) is 4.10. The third kappa shape index (κ3) is 3.87. The Kier molecular flexibility index (Phi) is 5.57. The molecule has 3 heterocycles. The highest BCUT2D eigenvalue weighted by atomic mass is 16.2. The van der Waals surface area contributed by atoms with Gasteiger partial charge in [0.15, 0.2) is 0 Å². The number of anilines is 1. The van der Waals surface area contributed by atoms with Gasteiger partial charge in [-0.15, -0.1) is 0 Å². The molecule has 0 saturated carbocycles.